The van der Waals surface area contributed by atoms with Gasteiger partial charge in [-0.3, -0.25) is 4.79 Å². The minimum atomic E-state index is 0.0931. The smallest absolute Gasteiger partial charge is 0.159 e. The van der Waals surface area contributed by atoms with Crippen LogP contribution in [0, 0.1) is 0 Å². The average molecular weight is 254 g/mol. The minimum absolute atomic E-state index is 0.0931. The number of methoxy groups -OCH3 is 1. The van der Waals surface area contributed by atoms with Gasteiger partial charge in [0.1, 0.15) is 5.75 Å². The highest BCUT2D eigenvalue weighted by atomic mass is 16.5. The van der Waals surface area contributed by atoms with Crippen LogP contribution >= 0.6 is 0 Å². The molecule has 2 nitrogen and oxygen atoms in total. The van der Waals surface area contributed by atoms with Gasteiger partial charge in [0.25, 0.3) is 0 Å². The van der Waals surface area contributed by atoms with Crippen molar-refractivity contribution in [2.45, 2.75) is 20.3 Å². The first-order valence-corrected chi connectivity index (χ1v) is 6.44. The van der Waals surface area contributed by atoms with Crippen LogP contribution < -0.4 is 4.74 Å². The Balaban J connectivity index is 2.38. The van der Waals surface area contributed by atoms with Crippen LogP contribution in [0.15, 0.2) is 42.5 Å². The molecule has 0 saturated heterocycles. The third-order valence-electron chi connectivity index (χ3n) is 3.29. The number of ether oxygens (including phenoxy) is 1. The molecule has 0 unspecified atom stereocenters. The third kappa shape index (κ3) is 2.84. The van der Waals surface area contributed by atoms with Crippen molar-refractivity contribution in [1.29, 1.82) is 0 Å². The van der Waals surface area contributed by atoms with Crippen molar-refractivity contribution in [3.8, 4) is 16.9 Å². The van der Waals surface area contributed by atoms with Gasteiger partial charge in [-0.15, -0.1) is 0 Å². The maximum Gasteiger partial charge on any atom is 0.159 e. The molecule has 0 aliphatic rings. The molecule has 0 N–H and O–H groups in total. The number of Topliss-reactive ketones (excluding diaryl/α,β-unsaturated/α-hetero) is 1. The molecule has 2 rings (SSSR count). The zero-order valence-electron chi connectivity index (χ0n) is 11.6. The lowest BCUT2D eigenvalue weighted by atomic mass is 9.99. The van der Waals surface area contributed by atoms with E-state index in [4.69, 9.17) is 4.74 Å². The number of ketones is 1. The van der Waals surface area contributed by atoms with Gasteiger partial charge in [-0.2, -0.15) is 0 Å². The summed E-state index contributed by atoms with van der Waals surface area (Å²) < 4.78 is 5.33. The molecular formula is C17H18O2. The number of carbonyl (C=O) groups is 1. The van der Waals surface area contributed by atoms with Gasteiger partial charge in [-0.1, -0.05) is 37.3 Å². The summed E-state index contributed by atoms with van der Waals surface area (Å²) in [5.41, 5.74) is 4.19. The third-order valence-corrected chi connectivity index (χ3v) is 3.29. The number of rotatable bonds is 4. The van der Waals surface area contributed by atoms with Crippen LogP contribution in [0.3, 0.4) is 0 Å². The summed E-state index contributed by atoms with van der Waals surface area (Å²) >= 11 is 0. The van der Waals surface area contributed by atoms with E-state index in [1.807, 2.05) is 36.4 Å². The molecule has 0 aliphatic carbocycles. The van der Waals surface area contributed by atoms with Gasteiger partial charge in [0.15, 0.2) is 5.78 Å². The van der Waals surface area contributed by atoms with Gasteiger partial charge in [0.05, 0.1) is 7.11 Å². The van der Waals surface area contributed by atoms with Gasteiger partial charge < -0.3 is 4.74 Å². The monoisotopic (exact) mass is 254 g/mol. The second kappa shape index (κ2) is 5.70. The zero-order valence-corrected chi connectivity index (χ0v) is 11.6. The molecular weight excluding hydrogens is 236 g/mol. The Kier molecular flexibility index (Phi) is 4.00. The Labute approximate surface area is 114 Å². The number of hydrogen-bond acceptors (Lipinski definition) is 2. The summed E-state index contributed by atoms with van der Waals surface area (Å²) in [6, 6.07) is 13.9. The quantitative estimate of drug-likeness (QED) is 0.767. The lowest BCUT2D eigenvalue weighted by molar-refractivity contribution is 0.101. The van der Waals surface area contributed by atoms with Crippen LogP contribution in [-0.4, -0.2) is 12.9 Å². The fourth-order valence-electron chi connectivity index (χ4n) is 2.13. The van der Waals surface area contributed by atoms with Gasteiger partial charge in [-0.25, -0.2) is 0 Å². The molecule has 0 aliphatic heterocycles. The molecule has 0 radical (unpaired) electrons. The van der Waals surface area contributed by atoms with Gasteiger partial charge in [-0.05, 0) is 42.2 Å². The van der Waals surface area contributed by atoms with E-state index in [1.165, 1.54) is 5.56 Å². The van der Waals surface area contributed by atoms with Crippen LogP contribution in [-0.2, 0) is 6.42 Å². The highest BCUT2D eigenvalue weighted by Gasteiger charge is 2.05. The maximum absolute atomic E-state index is 11.3. The van der Waals surface area contributed by atoms with Crippen LogP contribution in [0.2, 0.25) is 0 Å². The first-order valence-electron chi connectivity index (χ1n) is 6.44. The Hall–Kier alpha value is -2.09. The number of benzene rings is 2. The number of hydrogen-bond donors (Lipinski definition) is 0. The maximum atomic E-state index is 11.3. The summed E-state index contributed by atoms with van der Waals surface area (Å²) in [5.74, 6) is 1.02. The van der Waals surface area contributed by atoms with Crippen LogP contribution in [0.25, 0.3) is 11.1 Å². The Bertz CT molecular complexity index is 583. The van der Waals surface area contributed by atoms with E-state index in [9.17, 15) is 4.79 Å². The molecule has 0 spiro atoms. The molecule has 2 aromatic carbocycles. The first kappa shape index (κ1) is 13.3. The predicted octanol–water partition coefficient (Wildman–Crippen LogP) is 4.13. The van der Waals surface area contributed by atoms with Crippen molar-refractivity contribution < 1.29 is 9.53 Å². The largest absolute Gasteiger partial charge is 0.496 e. The minimum Gasteiger partial charge on any atom is -0.496 e. The van der Waals surface area contributed by atoms with Gasteiger partial charge in [0.2, 0.25) is 0 Å². The average Bonchev–Trinajstić information content (AvgIpc) is 2.46. The molecule has 0 amide bonds. The lowest BCUT2D eigenvalue weighted by Crippen LogP contribution is -1.93. The SMILES string of the molecule is CCc1cc(-c2ccc(C(C)=O)cc2)ccc1OC. The highest BCUT2D eigenvalue weighted by molar-refractivity contribution is 5.94. The zero-order chi connectivity index (χ0) is 13.8. The van der Waals surface area contributed by atoms with Crippen molar-refractivity contribution >= 4 is 5.78 Å². The van der Waals surface area contributed by atoms with E-state index in [1.54, 1.807) is 14.0 Å². The summed E-state index contributed by atoms with van der Waals surface area (Å²) in [6.07, 6.45) is 0.933. The van der Waals surface area contributed by atoms with Crippen molar-refractivity contribution in [2.75, 3.05) is 7.11 Å². The molecule has 0 aromatic heterocycles. The molecule has 2 aromatic rings. The van der Waals surface area contributed by atoms with Crippen molar-refractivity contribution in [1.82, 2.24) is 0 Å². The van der Waals surface area contributed by atoms with Crippen LogP contribution in [0.5, 0.6) is 5.75 Å². The Morgan fingerprint density at radius 1 is 1.05 bits per heavy atom. The van der Waals surface area contributed by atoms with Crippen molar-refractivity contribution in [3.63, 3.8) is 0 Å². The standard InChI is InChI=1S/C17H18O2/c1-4-13-11-16(9-10-17(13)19-3)15-7-5-14(6-8-15)12(2)18/h5-11H,4H2,1-3H3. The summed E-state index contributed by atoms with van der Waals surface area (Å²) in [4.78, 5) is 11.3. The fraction of sp³-hybridized carbons (Fsp3) is 0.235. The van der Waals surface area contributed by atoms with E-state index in [-0.39, 0.29) is 5.78 Å². The topological polar surface area (TPSA) is 26.3 Å². The highest BCUT2D eigenvalue weighted by Crippen LogP contribution is 2.27. The molecule has 0 bridgehead atoms. The molecule has 0 heterocycles. The van der Waals surface area contributed by atoms with E-state index < -0.39 is 0 Å². The fourth-order valence-corrected chi connectivity index (χ4v) is 2.13. The number of carbonyl (C=O) groups excluding carboxylic acids is 1. The van der Waals surface area contributed by atoms with E-state index in [0.29, 0.717) is 0 Å². The normalized spacial score (nSPS) is 10.3. The van der Waals surface area contributed by atoms with Crippen molar-refractivity contribution in [2.24, 2.45) is 0 Å². The summed E-state index contributed by atoms with van der Waals surface area (Å²) in [7, 11) is 1.69. The van der Waals surface area contributed by atoms with E-state index >= 15 is 0 Å². The second-order valence-corrected chi connectivity index (χ2v) is 4.51. The molecule has 2 heteroatoms. The summed E-state index contributed by atoms with van der Waals surface area (Å²) in [6.45, 7) is 3.69. The molecule has 0 saturated carbocycles. The lowest BCUT2D eigenvalue weighted by Gasteiger charge is -2.09. The van der Waals surface area contributed by atoms with Crippen molar-refractivity contribution in [3.05, 3.63) is 53.6 Å². The van der Waals surface area contributed by atoms with Crippen LogP contribution in [0.1, 0.15) is 29.8 Å². The molecule has 19 heavy (non-hydrogen) atoms. The van der Waals surface area contributed by atoms with Crippen LogP contribution in [0.4, 0.5) is 0 Å². The Morgan fingerprint density at radius 2 is 1.68 bits per heavy atom. The van der Waals surface area contributed by atoms with E-state index in [2.05, 4.69) is 13.0 Å². The molecule has 98 valence electrons. The predicted molar refractivity (Wildman–Crippen MR) is 77.8 cm³/mol. The van der Waals surface area contributed by atoms with Gasteiger partial charge >= 0.3 is 0 Å². The second-order valence-electron chi connectivity index (χ2n) is 4.51. The van der Waals surface area contributed by atoms with E-state index in [0.717, 1.165) is 28.9 Å². The number of aryl methyl sites for hydroxylation is 1. The molecule has 0 fully saturated rings. The summed E-state index contributed by atoms with van der Waals surface area (Å²) in [5, 5.41) is 0. The van der Waals surface area contributed by atoms with Gasteiger partial charge in [0, 0.05) is 5.56 Å². The molecule has 0 atom stereocenters. The first-order chi connectivity index (χ1) is 9.15. The Morgan fingerprint density at radius 3 is 2.21 bits per heavy atom.